The second-order valence-electron chi connectivity index (χ2n) is 3.99. The maximum Gasteiger partial charge on any atom is 0.146 e. The van der Waals surface area contributed by atoms with Crippen LogP contribution in [0.15, 0.2) is 22.2 Å². The number of pyridine rings is 1. The molecule has 0 bridgehead atoms. The molecule has 4 nitrogen and oxygen atoms in total. The monoisotopic (exact) mass is 316 g/mol. The van der Waals surface area contributed by atoms with Crippen molar-refractivity contribution in [3.05, 3.63) is 27.9 Å². The first-order valence-electron chi connectivity index (χ1n) is 5.79. The van der Waals surface area contributed by atoms with Crippen molar-refractivity contribution < 1.29 is 0 Å². The zero-order chi connectivity index (χ0) is 14.0. The lowest BCUT2D eigenvalue weighted by atomic mass is 10.4. The fourth-order valence-electron chi connectivity index (χ4n) is 1.59. The van der Waals surface area contributed by atoms with Crippen molar-refractivity contribution in [3.63, 3.8) is 0 Å². The van der Waals surface area contributed by atoms with Gasteiger partial charge in [0.05, 0.1) is 15.7 Å². The van der Waals surface area contributed by atoms with Crippen molar-refractivity contribution in [2.24, 2.45) is 7.05 Å². The molecule has 0 spiro atoms. The van der Waals surface area contributed by atoms with E-state index in [9.17, 15) is 0 Å². The zero-order valence-corrected chi connectivity index (χ0v) is 13.2. The first-order chi connectivity index (χ1) is 9.01. The molecule has 0 saturated heterocycles. The van der Waals surface area contributed by atoms with E-state index in [4.69, 9.17) is 23.2 Å². The van der Waals surface area contributed by atoms with Crippen LogP contribution in [0.4, 0.5) is 5.82 Å². The van der Waals surface area contributed by atoms with E-state index in [1.165, 1.54) is 11.8 Å². The van der Waals surface area contributed by atoms with Gasteiger partial charge < -0.3 is 5.32 Å². The summed E-state index contributed by atoms with van der Waals surface area (Å²) in [7, 11) is 1.89. The molecule has 0 aliphatic rings. The van der Waals surface area contributed by atoms with Crippen LogP contribution >= 0.6 is 35.0 Å². The topological polar surface area (TPSA) is 42.7 Å². The normalized spacial score (nSPS) is 10.8. The van der Waals surface area contributed by atoms with Crippen LogP contribution in [0.5, 0.6) is 0 Å². The molecule has 1 N–H and O–H groups in total. The van der Waals surface area contributed by atoms with Gasteiger partial charge in [0.2, 0.25) is 0 Å². The molecule has 0 aliphatic heterocycles. The number of hydrogen-bond acceptors (Lipinski definition) is 4. The molecule has 2 aromatic rings. The minimum absolute atomic E-state index is 0.525. The SMILES string of the molecule is CCNc1nc(Sc2cc(C)nn2C)c(Cl)cc1Cl. The summed E-state index contributed by atoms with van der Waals surface area (Å²) in [5.74, 6) is 0.648. The third-order valence-electron chi connectivity index (χ3n) is 2.40. The molecule has 19 heavy (non-hydrogen) atoms. The van der Waals surface area contributed by atoms with Crippen molar-refractivity contribution in [3.8, 4) is 0 Å². The molecule has 0 unspecified atom stereocenters. The lowest BCUT2D eigenvalue weighted by Gasteiger charge is -2.09. The first kappa shape index (κ1) is 14.5. The second-order valence-corrected chi connectivity index (χ2v) is 5.81. The molecule has 2 aromatic heterocycles. The van der Waals surface area contributed by atoms with Crippen molar-refractivity contribution in [1.82, 2.24) is 14.8 Å². The largest absolute Gasteiger partial charge is 0.369 e. The van der Waals surface area contributed by atoms with E-state index < -0.39 is 0 Å². The molecule has 102 valence electrons. The summed E-state index contributed by atoms with van der Waals surface area (Å²) in [6, 6.07) is 3.70. The Hall–Kier alpha value is -0.910. The van der Waals surface area contributed by atoms with Crippen LogP contribution in [0.3, 0.4) is 0 Å². The Morgan fingerprint density at radius 2 is 2.05 bits per heavy atom. The minimum Gasteiger partial charge on any atom is -0.369 e. The number of rotatable bonds is 4. The Morgan fingerprint density at radius 1 is 1.32 bits per heavy atom. The Labute approximate surface area is 126 Å². The van der Waals surface area contributed by atoms with Crippen LogP contribution < -0.4 is 5.32 Å². The van der Waals surface area contributed by atoms with Gasteiger partial charge in [-0.05, 0) is 37.7 Å². The molecule has 0 aromatic carbocycles. The van der Waals surface area contributed by atoms with Gasteiger partial charge in [-0.15, -0.1) is 0 Å². The summed E-state index contributed by atoms with van der Waals surface area (Å²) in [4.78, 5) is 4.45. The number of hydrogen-bond donors (Lipinski definition) is 1. The molecule has 7 heteroatoms. The van der Waals surface area contributed by atoms with Crippen LogP contribution in [-0.2, 0) is 7.05 Å². The molecule has 0 atom stereocenters. The lowest BCUT2D eigenvalue weighted by Crippen LogP contribution is -2.01. The fraction of sp³-hybridized carbons (Fsp3) is 0.333. The van der Waals surface area contributed by atoms with Crippen molar-refractivity contribution in [2.75, 3.05) is 11.9 Å². The summed E-state index contributed by atoms with van der Waals surface area (Å²) in [6.45, 7) is 4.69. The second kappa shape index (κ2) is 6.03. The molecular weight excluding hydrogens is 303 g/mol. The Balaban J connectivity index is 2.34. The Morgan fingerprint density at radius 3 is 2.63 bits per heavy atom. The van der Waals surface area contributed by atoms with Gasteiger partial charge in [0.15, 0.2) is 0 Å². The summed E-state index contributed by atoms with van der Waals surface area (Å²) < 4.78 is 1.81. The van der Waals surface area contributed by atoms with Crippen molar-refractivity contribution in [2.45, 2.75) is 23.9 Å². The number of nitrogens with zero attached hydrogens (tertiary/aromatic N) is 3. The van der Waals surface area contributed by atoms with Crippen LogP contribution in [-0.4, -0.2) is 21.3 Å². The number of aryl methyl sites for hydroxylation is 2. The molecule has 0 saturated carbocycles. The van der Waals surface area contributed by atoms with Gasteiger partial charge in [-0.3, -0.25) is 4.68 Å². The molecular formula is C12H14Cl2N4S. The van der Waals surface area contributed by atoms with Gasteiger partial charge in [0, 0.05) is 13.6 Å². The van der Waals surface area contributed by atoms with Gasteiger partial charge in [-0.2, -0.15) is 5.10 Å². The Kier molecular flexibility index (Phi) is 4.60. The molecule has 0 radical (unpaired) electrons. The fourth-order valence-corrected chi connectivity index (χ4v) is 3.03. The van der Waals surface area contributed by atoms with E-state index in [0.717, 1.165) is 17.3 Å². The van der Waals surface area contributed by atoms with Gasteiger partial charge in [0.25, 0.3) is 0 Å². The average Bonchev–Trinajstić information content (AvgIpc) is 2.64. The molecule has 2 rings (SSSR count). The summed E-state index contributed by atoms with van der Waals surface area (Å²) >= 11 is 13.7. The van der Waals surface area contributed by atoms with Gasteiger partial charge in [-0.1, -0.05) is 23.2 Å². The smallest absolute Gasteiger partial charge is 0.146 e. The summed E-state index contributed by atoms with van der Waals surface area (Å²) in [5, 5.41) is 10.2. The summed E-state index contributed by atoms with van der Waals surface area (Å²) in [5.41, 5.74) is 0.960. The van der Waals surface area contributed by atoms with Crippen molar-refractivity contribution >= 4 is 40.8 Å². The molecule has 0 amide bonds. The highest BCUT2D eigenvalue weighted by Gasteiger charge is 2.12. The predicted octanol–water partition coefficient (Wildman–Crippen LogP) is 4.01. The highest BCUT2D eigenvalue weighted by atomic mass is 35.5. The maximum atomic E-state index is 6.19. The van der Waals surface area contributed by atoms with E-state index in [1.807, 2.05) is 27.0 Å². The van der Waals surface area contributed by atoms with Gasteiger partial charge >= 0.3 is 0 Å². The van der Waals surface area contributed by atoms with Crippen LogP contribution in [0, 0.1) is 6.92 Å². The number of anilines is 1. The minimum atomic E-state index is 0.525. The van der Waals surface area contributed by atoms with Gasteiger partial charge in [-0.25, -0.2) is 4.98 Å². The number of aromatic nitrogens is 3. The van der Waals surface area contributed by atoms with E-state index in [1.54, 1.807) is 10.7 Å². The zero-order valence-electron chi connectivity index (χ0n) is 10.9. The lowest BCUT2D eigenvalue weighted by molar-refractivity contribution is 0.692. The van der Waals surface area contributed by atoms with E-state index >= 15 is 0 Å². The van der Waals surface area contributed by atoms with Crippen LogP contribution in [0.25, 0.3) is 0 Å². The van der Waals surface area contributed by atoms with Crippen molar-refractivity contribution in [1.29, 1.82) is 0 Å². The maximum absolute atomic E-state index is 6.19. The number of nitrogens with one attached hydrogen (secondary N) is 1. The molecule has 2 heterocycles. The molecule has 0 fully saturated rings. The quantitative estimate of drug-likeness (QED) is 0.925. The van der Waals surface area contributed by atoms with Crippen LogP contribution in [0.1, 0.15) is 12.6 Å². The standard InChI is InChI=1S/C12H14Cl2N4S/c1-4-15-11-8(13)6-9(14)12(16-11)19-10-5-7(2)17-18(10)3/h5-6H,4H2,1-3H3,(H,15,16). The highest BCUT2D eigenvalue weighted by Crippen LogP contribution is 2.35. The average molecular weight is 317 g/mol. The Bertz CT molecular complexity index is 598. The number of halogens is 2. The third kappa shape index (κ3) is 3.35. The highest BCUT2D eigenvalue weighted by molar-refractivity contribution is 7.99. The van der Waals surface area contributed by atoms with Gasteiger partial charge in [0.1, 0.15) is 15.9 Å². The van der Waals surface area contributed by atoms with E-state index in [2.05, 4.69) is 15.4 Å². The first-order valence-corrected chi connectivity index (χ1v) is 7.37. The summed E-state index contributed by atoms with van der Waals surface area (Å²) in [6.07, 6.45) is 0. The van der Waals surface area contributed by atoms with Crippen LogP contribution in [0.2, 0.25) is 10.0 Å². The van der Waals surface area contributed by atoms with E-state index in [-0.39, 0.29) is 0 Å². The van der Waals surface area contributed by atoms with E-state index in [0.29, 0.717) is 20.9 Å². The third-order valence-corrected chi connectivity index (χ3v) is 4.19. The molecule has 0 aliphatic carbocycles. The predicted molar refractivity (Wildman–Crippen MR) is 80.5 cm³/mol.